The van der Waals surface area contributed by atoms with Gasteiger partial charge < -0.3 is 19.5 Å². The van der Waals surface area contributed by atoms with Crippen LogP contribution in [0, 0.1) is 5.82 Å². The second-order valence-corrected chi connectivity index (χ2v) is 14.0. The minimum atomic E-state index is -1.13. The summed E-state index contributed by atoms with van der Waals surface area (Å²) in [6, 6.07) is 15.1. The van der Waals surface area contributed by atoms with Gasteiger partial charge in [0.1, 0.15) is 17.6 Å². The molecule has 1 atom stereocenters. The average Bonchev–Trinajstić information content (AvgIpc) is 3.84. The third-order valence-electron chi connectivity index (χ3n) is 10.3. The van der Waals surface area contributed by atoms with Crippen LogP contribution in [0.2, 0.25) is 5.02 Å². The first-order valence-corrected chi connectivity index (χ1v) is 17.9. The lowest BCUT2D eigenvalue weighted by atomic mass is 9.90. The van der Waals surface area contributed by atoms with E-state index in [0.29, 0.717) is 83.2 Å². The maximum absolute atomic E-state index is 13.9. The first-order chi connectivity index (χ1) is 26.0. The lowest BCUT2D eigenvalue weighted by Crippen LogP contribution is -2.56. The van der Waals surface area contributed by atoms with Crippen molar-refractivity contribution in [1.29, 1.82) is 0 Å². The van der Waals surface area contributed by atoms with Crippen molar-refractivity contribution in [3.8, 4) is 11.7 Å². The Morgan fingerprint density at radius 2 is 1.76 bits per heavy atom. The van der Waals surface area contributed by atoms with Crippen molar-refractivity contribution < 1.29 is 33.1 Å². The van der Waals surface area contributed by atoms with Crippen LogP contribution < -0.4 is 15.6 Å². The molecule has 1 unspecified atom stereocenters. The van der Waals surface area contributed by atoms with Gasteiger partial charge >= 0.3 is 0 Å². The molecule has 54 heavy (non-hydrogen) atoms. The van der Waals surface area contributed by atoms with Crippen LogP contribution in [0.15, 0.2) is 65.5 Å². The van der Waals surface area contributed by atoms with Gasteiger partial charge in [-0.15, -0.1) is 0 Å². The molecule has 0 bridgehead atoms. The van der Waals surface area contributed by atoms with Crippen LogP contribution in [0.25, 0.3) is 17.0 Å². The Bertz CT molecular complexity index is 2410. The van der Waals surface area contributed by atoms with Crippen LogP contribution in [-0.4, -0.2) is 84.7 Å². The average molecular weight is 754 g/mol. The topological polar surface area (TPSA) is 180 Å². The van der Waals surface area contributed by atoms with Crippen LogP contribution in [0.5, 0.6) is 5.75 Å². The zero-order valence-corrected chi connectivity index (χ0v) is 29.5. The molecule has 3 aliphatic rings. The number of ketones is 1. The number of rotatable bonds is 9. The molecule has 3 N–H and O–H groups in total. The highest BCUT2D eigenvalue weighted by atomic mass is 35.5. The van der Waals surface area contributed by atoms with Gasteiger partial charge in [-0.05, 0) is 73.7 Å². The van der Waals surface area contributed by atoms with E-state index in [1.54, 1.807) is 53.4 Å². The van der Waals surface area contributed by atoms with Gasteiger partial charge in [0.25, 0.3) is 23.3 Å². The van der Waals surface area contributed by atoms with E-state index in [9.17, 15) is 33.2 Å². The van der Waals surface area contributed by atoms with Gasteiger partial charge in [-0.25, -0.2) is 9.37 Å². The van der Waals surface area contributed by atoms with Crippen LogP contribution in [0.1, 0.15) is 57.9 Å². The number of hydrogen-bond acceptors (Lipinski definition) is 8. The van der Waals surface area contributed by atoms with Crippen molar-refractivity contribution in [2.45, 2.75) is 50.6 Å². The smallest absolute Gasteiger partial charge is 0.294 e. The van der Waals surface area contributed by atoms with Crippen LogP contribution >= 0.6 is 11.6 Å². The number of fused-ring (bicyclic) bond motifs is 2. The Labute approximate surface area is 311 Å². The zero-order chi connectivity index (χ0) is 37.7. The molecular weight excluding hydrogens is 721 g/mol. The van der Waals surface area contributed by atoms with Crippen molar-refractivity contribution in [3.05, 3.63) is 110 Å². The van der Waals surface area contributed by atoms with E-state index in [1.165, 1.54) is 21.7 Å². The van der Waals surface area contributed by atoms with E-state index in [0.717, 1.165) is 11.3 Å². The molecule has 3 aliphatic heterocycles. The third kappa shape index (κ3) is 6.55. The Hall–Kier alpha value is -6.09. The first-order valence-electron chi connectivity index (χ1n) is 17.5. The van der Waals surface area contributed by atoms with Crippen LogP contribution in [0.4, 0.5) is 4.39 Å². The van der Waals surface area contributed by atoms with E-state index >= 15 is 0 Å². The molecule has 2 fully saturated rings. The predicted molar refractivity (Wildman–Crippen MR) is 192 cm³/mol. The zero-order valence-electron chi connectivity index (χ0n) is 28.7. The first kappa shape index (κ1) is 35.0. The molecule has 3 aromatic carbocycles. The van der Waals surface area contributed by atoms with E-state index in [1.807, 2.05) is 5.32 Å². The molecule has 276 valence electrons. The summed E-state index contributed by atoms with van der Waals surface area (Å²) < 4.78 is 20.9. The Morgan fingerprint density at radius 1 is 0.981 bits per heavy atom. The van der Waals surface area contributed by atoms with Gasteiger partial charge in [-0.1, -0.05) is 29.8 Å². The number of ether oxygens (including phenoxy) is 1. The molecule has 2 aromatic heterocycles. The van der Waals surface area contributed by atoms with Gasteiger partial charge in [-0.3, -0.25) is 39.2 Å². The number of nitrogens with one attached hydrogen (secondary N) is 3. The highest BCUT2D eigenvalue weighted by molar-refractivity contribution is 6.41. The number of aromatic amines is 2. The number of H-pyrrole nitrogens is 2. The molecule has 14 nitrogen and oxygen atoms in total. The largest absolute Gasteiger partial charge is 0.483 e. The molecule has 4 amide bonds. The SMILES string of the molecule is O=C1CC(N2Cc3c(OCC(=O)N4CCC(c5[nH]n(-c6nc7ccc(Cl)cc7[nH]6)c(=O)c5CCc5ccc(F)cc5)CC4)cccc3C2=O)C(=O)NC1=O. The molecule has 0 saturated carbocycles. The number of aryl methyl sites for hydroxylation is 1. The molecule has 0 radical (unpaired) electrons. The number of amides is 4. The molecule has 2 saturated heterocycles. The number of piperidine rings is 2. The Kier molecular flexibility index (Phi) is 9.09. The van der Waals surface area contributed by atoms with Crippen molar-refractivity contribution in [3.63, 3.8) is 0 Å². The number of hydrogen-bond donors (Lipinski definition) is 3. The number of aromatic nitrogens is 4. The lowest BCUT2D eigenvalue weighted by molar-refractivity contribution is -0.147. The summed E-state index contributed by atoms with van der Waals surface area (Å²) in [6.45, 7) is 0.498. The third-order valence-corrected chi connectivity index (χ3v) is 10.6. The number of imidazole rings is 1. The molecular formula is C38H33ClFN7O7. The summed E-state index contributed by atoms with van der Waals surface area (Å²) in [7, 11) is 0. The monoisotopic (exact) mass is 753 g/mol. The van der Waals surface area contributed by atoms with Gasteiger partial charge in [0.05, 0.1) is 17.6 Å². The molecule has 8 rings (SSSR count). The summed E-state index contributed by atoms with van der Waals surface area (Å²) >= 11 is 6.17. The fraction of sp³-hybridized carbons (Fsp3) is 0.289. The maximum atomic E-state index is 13.9. The summed E-state index contributed by atoms with van der Waals surface area (Å²) in [5, 5.41) is 5.84. The minimum absolute atomic E-state index is 0.0212. The second-order valence-electron chi connectivity index (χ2n) is 13.6. The normalized spacial score (nSPS) is 17.7. The van der Waals surface area contributed by atoms with E-state index in [4.69, 9.17) is 16.3 Å². The van der Waals surface area contributed by atoms with Crippen molar-refractivity contribution in [2.75, 3.05) is 19.7 Å². The van der Waals surface area contributed by atoms with Gasteiger partial charge in [0, 0.05) is 52.8 Å². The fourth-order valence-corrected chi connectivity index (χ4v) is 7.62. The summed E-state index contributed by atoms with van der Waals surface area (Å²) in [4.78, 5) is 87.3. The van der Waals surface area contributed by atoms with E-state index in [2.05, 4.69) is 15.1 Å². The van der Waals surface area contributed by atoms with Crippen molar-refractivity contribution >= 4 is 52.0 Å². The van der Waals surface area contributed by atoms with E-state index < -0.39 is 36.0 Å². The number of carbonyl (C=O) groups is 5. The number of Topliss-reactive ketones (excluding diaryl/α,β-unsaturated/α-hetero) is 1. The second kappa shape index (κ2) is 14.0. The number of carbonyl (C=O) groups excluding carboxylic acids is 5. The Balaban J connectivity index is 0.952. The van der Waals surface area contributed by atoms with Gasteiger partial charge in [-0.2, -0.15) is 4.68 Å². The standard InChI is InChI=1S/C38H33ClFN7O7/c39-22-7-11-27-28(16-22)42-38(41-27)47-37(53)25(10-6-20-4-8-23(40)9-5-20)33(44-47)21-12-14-45(15-13-21)32(49)19-54-31-3-1-2-24-26(31)18-46(36(24)52)29-17-30(48)35(51)43-34(29)50/h1-5,7-9,11,16,21,29,44H,6,10,12-15,17-19H2,(H,41,42)(H,43,50,51). The highest BCUT2D eigenvalue weighted by Crippen LogP contribution is 2.34. The fourth-order valence-electron chi connectivity index (χ4n) is 7.45. The van der Waals surface area contributed by atoms with Crippen LogP contribution in [0.3, 0.4) is 0 Å². The number of nitrogens with zero attached hydrogens (tertiary/aromatic N) is 4. The maximum Gasteiger partial charge on any atom is 0.294 e. The summed E-state index contributed by atoms with van der Waals surface area (Å²) in [5.74, 6) is -3.00. The lowest BCUT2D eigenvalue weighted by Gasteiger charge is -2.32. The number of imide groups is 1. The van der Waals surface area contributed by atoms with Gasteiger partial charge in [0.15, 0.2) is 6.61 Å². The van der Waals surface area contributed by atoms with Crippen molar-refractivity contribution in [2.24, 2.45) is 0 Å². The number of likely N-dealkylation sites (tertiary alicyclic amines) is 1. The minimum Gasteiger partial charge on any atom is -0.483 e. The quantitative estimate of drug-likeness (QED) is 0.152. The highest BCUT2D eigenvalue weighted by Gasteiger charge is 2.43. The molecule has 5 aromatic rings. The van der Waals surface area contributed by atoms with Crippen LogP contribution in [-0.2, 0) is 38.6 Å². The molecule has 0 aliphatic carbocycles. The summed E-state index contributed by atoms with van der Waals surface area (Å²) in [5.41, 5.74) is 4.10. The van der Waals surface area contributed by atoms with Crippen molar-refractivity contribution in [1.82, 2.24) is 34.9 Å². The summed E-state index contributed by atoms with van der Waals surface area (Å²) in [6.07, 6.45) is 1.66. The molecule has 16 heteroatoms. The predicted octanol–water partition coefficient (Wildman–Crippen LogP) is 3.34. The number of benzene rings is 3. The molecule has 0 spiro atoms. The van der Waals surface area contributed by atoms with E-state index in [-0.39, 0.29) is 36.4 Å². The molecule has 5 heterocycles. The Morgan fingerprint density at radius 3 is 2.54 bits per heavy atom. The number of halogens is 2. The van der Waals surface area contributed by atoms with Gasteiger partial charge in [0.2, 0.25) is 17.6 Å².